The predicted octanol–water partition coefficient (Wildman–Crippen LogP) is 5.51. The zero-order valence-electron chi connectivity index (χ0n) is 14.4. The minimum absolute atomic E-state index is 0.0366. The largest absolute Gasteiger partial charge is 0.497 e. The van der Waals surface area contributed by atoms with Gasteiger partial charge in [-0.1, -0.05) is 39.8 Å². The van der Waals surface area contributed by atoms with Crippen molar-refractivity contribution < 1.29 is 4.74 Å². The number of nitrogens with zero attached hydrogens (tertiary/aromatic N) is 2. The summed E-state index contributed by atoms with van der Waals surface area (Å²) in [6.07, 6.45) is 0. The first-order chi connectivity index (χ1) is 13.2. The molecule has 4 nitrogen and oxygen atoms in total. The van der Waals surface area contributed by atoms with Gasteiger partial charge in [-0.3, -0.25) is 9.36 Å². The molecule has 4 aromatic rings. The SMILES string of the molecule is COc1cccc(CSc2nc3ccsc3c(=O)n2-c2ccc(Br)cc2)c1. The Bertz CT molecular complexity index is 1150. The van der Waals surface area contributed by atoms with E-state index in [9.17, 15) is 4.79 Å². The summed E-state index contributed by atoms with van der Waals surface area (Å²) in [6.45, 7) is 0. The lowest BCUT2D eigenvalue weighted by molar-refractivity contribution is 0.414. The fourth-order valence-corrected chi connectivity index (χ4v) is 4.70. The van der Waals surface area contributed by atoms with Crippen molar-refractivity contribution in [3.8, 4) is 11.4 Å². The third-order valence-electron chi connectivity index (χ3n) is 4.04. The quantitative estimate of drug-likeness (QED) is 0.292. The third kappa shape index (κ3) is 3.81. The van der Waals surface area contributed by atoms with Gasteiger partial charge in [-0.25, -0.2) is 4.98 Å². The molecule has 136 valence electrons. The Morgan fingerprint density at radius 2 is 2.00 bits per heavy atom. The summed E-state index contributed by atoms with van der Waals surface area (Å²) in [5, 5.41) is 2.58. The Morgan fingerprint density at radius 1 is 1.19 bits per heavy atom. The summed E-state index contributed by atoms with van der Waals surface area (Å²) in [4.78, 5) is 17.8. The average Bonchev–Trinajstić information content (AvgIpc) is 3.17. The van der Waals surface area contributed by atoms with Crippen molar-refractivity contribution in [3.05, 3.63) is 80.4 Å². The van der Waals surface area contributed by atoms with Gasteiger partial charge in [0, 0.05) is 10.2 Å². The highest BCUT2D eigenvalue weighted by atomic mass is 79.9. The number of benzene rings is 2. The van der Waals surface area contributed by atoms with E-state index in [1.807, 2.05) is 60.0 Å². The Labute approximate surface area is 173 Å². The topological polar surface area (TPSA) is 44.1 Å². The monoisotopic (exact) mass is 458 g/mol. The van der Waals surface area contributed by atoms with Gasteiger partial charge in [0.15, 0.2) is 5.16 Å². The van der Waals surface area contributed by atoms with Crippen LogP contribution in [0.5, 0.6) is 5.75 Å². The van der Waals surface area contributed by atoms with Gasteiger partial charge in [-0.15, -0.1) is 11.3 Å². The van der Waals surface area contributed by atoms with Gasteiger partial charge >= 0.3 is 0 Å². The van der Waals surface area contributed by atoms with Crippen LogP contribution >= 0.6 is 39.0 Å². The summed E-state index contributed by atoms with van der Waals surface area (Å²) < 4.78 is 8.62. The molecule has 0 saturated heterocycles. The van der Waals surface area contributed by atoms with E-state index < -0.39 is 0 Å². The summed E-state index contributed by atoms with van der Waals surface area (Å²) >= 11 is 6.41. The summed E-state index contributed by atoms with van der Waals surface area (Å²) in [7, 11) is 1.66. The van der Waals surface area contributed by atoms with Crippen LogP contribution in [0.4, 0.5) is 0 Å². The minimum Gasteiger partial charge on any atom is -0.497 e. The minimum atomic E-state index is -0.0366. The maximum absolute atomic E-state index is 13.1. The molecule has 0 aliphatic heterocycles. The van der Waals surface area contributed by atoms with E-state index in [0.29, 0.717) is 15.6 Å². The number of fused-ring (bicyclic) bond motifs is 1. The molecular formula is C20H15BrN2O2S2. The van der Waals surface area contributed by atoms with Crippen molar-refractivity contribution >= 4 is 49.2 Å². The van der Waals surface area contributed by atoms with Gasteiger partial charge in [0.2, 0.25) is 0 Å². The van der Waals surface area contributed by atoms with Crippen LogP contribution in [0.15, 0.2) is 74.4 Å². The molecule has 2 aromatic heterocycles. The highest BCUT2D eigenvalue weighted by molar-refractivity contribution is 9.10. The molecule has 0 radical (unpaired) electrons. The number of hydrogen-bond acceptors (Lipinski definition) is 5. The summed E-state index contributed by atoms with van der Waals surface area (Å²) in [5.74, 6) is 1.51. The molecule has 0 saturated carbocycles. The maximum Gasteiger partial charge on any atom is 0.276 e. The third-order valence-corrected chi connectivity index (χ3v) is 6.47. The molecule has 0 spiro atoms. The van der Waals surface area contributed by atoms with Crippen molar-refractivity contribution in [2.45, 2.75) is 10.9 Å². The van der Waals surface area contributed by atoms with Crippen LogP contribution in [0.1, 0.15) is 5.56 Å². The van der Waals surface area contributed by atoms with Crippen molar-refractivity contribution in [2.75, 3.05) is 7.11 Å². The Kier molecular flexibility index (Phi) is 5.33. The molecule has 0 unspecified atom stereocenters. The average molecular weight is 459 g/mol. The molecule has 0 fully saturated rings. The van der Waals surface area contributed by atoms with Crippen LogP contribution in [0, 0.1) is 0 Å². The number of hydrogen-bond donors (Lipinski definition) is 0. The van der Waals surface area contributed by atoms with Gasteiger partial charge in [0.05, 0.1) is 18.3 Å². The Hall–Kier alpha value is -2.09. The second-order valence-electron chi connectivity index (χ2n) is 5.79. The number of thioether (sulfide) groups is 1. The molecule has 4 rings (SSSR count). The molecule has 7 heteroatoms. The van der Waals surface area contributed by atoms with E-state index in [1.54, 1.807) is 11.7 Å². The van der Waals surface area contributed by atoms with E-state index >= 15 is 0 Å². The van der Waals surface area contributed by atoms with Crippen LogP contribution in [0.2, 0.25) is 0 Å². The second-order valence-corrected chi connectivity index (χ2v) is 8.56. The van der Waals surface area contributed by atoms with Crippen LogP contribution in [-0.2, 0) is 5.75 Å². The highest BCUT2D eigenvalue weighted by Crippen LogP contribution is 2.27. The predicted molar refractivity (Wildman–Crippen MR) is 115 cm³/mol. The molecule has 0 N–H and O–H groups in total. The molecule has 0 bridgehead atoms. The van der Waals surface area contributed by atoms with Gasteiger partial charge < -0.3 is 4.74 Å². The molecule has 2 heterocycles. The molecule has 0 aliphatic rings. The smallest absolute Gasteiger partial charge is 0.276 e. The Balaban J connectivity index is 1.77. The highest BCUT2D eigenvalue weighted by Gasteiger charge is 2.14. The fourth-order valence-electron chi connectivity index (χ4n) is 2.72. The zero-order chi connectivity index (χ0) is 18.8. The van der Waals surface area contributed by atoms with Crippen LogP contribution < -0.4 is 10.3 Å². The van der Waals surface area contributed by atoms with Gasteiger partial charge in [0.25, 0.3) is 5.56 Å². The number of aromatic nitrogens is 2. The molecule has 0 amide bonds. The van der Waals surface area contributed by atoms with Crippen LogP contribution in [0.3, 0.4) is 0 Å². The fraction of sp³-hybridized carbons (Fsp3) is 0.100. The summed E-state index contributed by atoms with van der Waals surface area (Å²) in [6, 6.07) is 17.5. The lowest BCUT2D eigenvalue weighted by Gasteiger charge is -2.12. The second kappa shape index (κ2) is 7.88. The van der Waals surface area contributed by atoms with Crippen molar-refractivity contribution in [2.24, 2.45) is 0 Å². The first kappa shape index (κ1) is 18.3. The van der Waals surface area contributed by atoms with E-state index in [4.69, 9.17) is 9.72 Å². The lowest BCUT2D eigenvalue weighted by atomic mass is 10.2. The number of ether oxygens (including phenoxy) is 1. The number of rotatable bonds is 5. The molecule has 0 atom stereocenters. The van der Waals surface area contributed by atoms with Gasteiger partial charge in [0.1, 0.15) is 10.4 Å². The normalized spacial score (nSPS) is 11.0. The standard InChI is InChI=1S/C20H15BrN2O2S2/c1-25-16-4-2-3-13(11-16)12-27-20-22-17-9-10-26-18(17)19(24)23(20)15-7-5-14(21)6-8-15/h2-11H,12H2,1H3. The maximum atomic E-state index is 13.1. The number of halogens is 1. The molecular weight excluding hydrogens is 444 g/mol. The first-order valence-corrected chi connectivity index (χ1v) is 10.8. The van der Waals surface area contributed by atoms with E-state index in [-0.39, 0.29) is 5.56 Å². The van der Waals surface area contributed by atoms with Crippen LogP contribution in [0.25, 0.3) is 15.9 Å². The van der Waals surface area contributed by atoms with Gasteiger partial charge in [-0.05, 0) is 53.4 Å². The van der Waals surface area contributed by atoms with E-state index in [2.05, 4.69) is 15.9 Å². The first-order valence-electron chi connectivity index (χ1n) is 8.17. The molecule has 0 aliphatic carbocycles. The van der Waals surface area contributed by atoms with Crippen molar-refractivity contribution in [3.63, 3.8) is 0 Å². The molecule has 27 heavy (non-hydrogen) atoms. The van der Waals surface area contributed by atoms with E-state index in [1.165, 1.54) is 23.1 Å². The van der Waals surface area contributed by atoms with Crippen molar-refractivity contribution in [1.82, 2.24) is 9.55 Å². The van der Waals surface area contributed by atoms with Crippen molar-refractivity contribution in [1.29, 1.82) is 0 Å². The number of thiophene rings is 1. The Morgan fingerprint density at radius 3 is 2.78 bits per heavy atom. The van der Waals surface area contributed by atoms with Crippen LogP contribution in [-0.4, -0.2) is 16.7 Å². The number of methoxy groups -OCH3 is 1. The summed E-state index contributed by atoms with van der Waals surface area (Å²) in [5.41, 5.74) is 2.62. The zero-order valence-corrected chi connectivity index (χ0v) is 17.6. The lowest BCUT2D eigenvalue weighted by Crippen LogP contribution is -2.20. The molecule has 2 aromatic carbocycles. The van der Waals surface area contributed by atoms with E-state index in [0.717, 1.165) is 27.0 Å². The van der Waals surface area contributed by atoms with Gasteiger partial charge in [-0.2, -0.15) is 0 Å².